The van der Waals surface area contributed by atoms with Crippen molar-refractivity contribution in [3.05, 3.63) is 57.8 Å². The maximum Gasteiger partial charge on any atom is 0.321 e. The predicted molar refractivity (Wildman–Crippen MR) is 112 cm³/mol. The highest BCUT2D eigenvalue weighted by molar-refractivity contribution is 7.89. The van der Waals surface area contributed by atoms with Crippen molar-refractivity contribution >= 4 is 38.7 Å². The van der Waals surface area contributed by atoms with Crippen LogP contribution in [0.2, 0.25) is 0 Å². The first-order chi connectivity index (χ1) is 14.7. The highest BCUT2D eigenvalue weighted by Gasteiger charge is 2.23. The Hall–Kier alpha value is -3.29. The molecule has 0 saturated carbocycles. The van der Waals surface area contributed by atoms with Crippen molar-refractivity contribution in [3.8, 4) is 10.8 Å². The lowest BCUT2D eigenvalue weighted by Crippen LogP contribution is -2.30. The van der Waals surface area contributed by atoms with Gasteiger partial charge in [-0.15, -0.1) is 11.3 Å². The summed E-state index contributed by atoms with van der Waals surface area (Å²) in [6.45, 7) is -0.776. The number of hydrogen-bond donors (Lipinski definition) is 1. The molecule has 13 heteroatoms. The Morgan fingerprint density at radius 3 is 2.77 bits per heavy atom. The number of hydrogen-bond acceptors (Lipinski definition) is 10. The number of ether oxygens (including phenoxy) is 1. The van der Waals surface area contributed by atoms with Crippen LogP contribution in [0.1, 0.15) is 5.69 Å². The Balaban J connectivity index is 1.59. The minimum Gasteiger partial charge on any atom is -0.462 e. The lowest BCUT2D eigenvalue weighted by molar-refractivity contribution is -0.384. The van der Waals surface area contributed by atoms with Gasteiger partial charge >= 0.3 is 5.97 Å². The van der Waals surface area contributed by atoms with E-state index in [4.69, 9.17) is 9.15 Å². The van der Waals surface area contributed by atoms with Crippen molar-refractivity contribution in [1.82, 2.24) is 9.71 Å². The topological polar surface area (TPSA) is 145 Å². The van der Waals surface area contributed by atoms with Crippen LogP contribution >= 0.6 is 11.3 Å². The Morgan fingerprint density at radius 1 is 1.35 bits per heavy atom. The van der Waals surface area contributed by atoms with E-state index in [9.17, 15) is 23.3 Å². The van der Waals surface area contributed by atoms with Crippen LogP contribution in [-0.2, 0) is 26.2 Å². The van der Waals surface area contributed by atoms with Crippen LogP contribution in [0.4, 0.5) is 11.4 Å². The number of carbonyl (C=O) groups excluding carboxylic acids is 1. The molecule has 3 rings (SSSR count). The molecule has 31 heavy (non-hydrogen) atoms. The van der Waals surface area contributed by atoms with Gasteiger partial charge in [0.25, 0.3) is 5.69 Å². The third-order valence-corrected chi connectivity index (χ3v) is 6.31. The van der Waals surface area contributed by atoms with Crippen molar-refractivity contribution in [1.29, 1.82) is 0 Å². The Morgan fingerprint density at radius 2 is 2.13 bits per heavy atom. The van der Waals surface area contributed by atoms with Gasteiger partial charge < -0.3 is 14.1 Å². The summed E-state index contributed by atoms with van der Waals surface area (Å²) in [5, 5.41) is 13.6. The van der Waals surface area contributed by atoms with Gasteiger partial charge in [-0.05, 0) is 24.3 Å². The van der Waals surface area contributed by atoms with E-state index < -0.39 is 27.5 Å². The molecule has 0 unspecified atom stereocenters. The van der Waals surface area contributed by atoms with Gasteiger partial charge in [-0.25, -0.2) is 13.4 Å². The molecular formula is C18H18N4O7S2. The number of benzene rings is 1. The van der Waals surface area contributed by atoms with Gasteiger partial charge in [-0.2, -0.15) is 4.72 Å². The quantitative estimate of drug-likeness (QED) is 0.285. The minimum atomic E-state index is -4.16. The van der Waals surface area contributed by atoms with E-state index in [2.05, 4.69) is 9.71 Å². The molecule has 11 nitrogen and oxygen atoms in total. The summed E-state index contributed by atoms with van der Waals surface area (Å²) in [4.78, 5) is 27.9. The number of thiazole rings is 1. The number of nitrogens with one attached hydrogen (secondary N) is 1. The molecule has 0 aliphatic rings. The van der Waals surface area contributed by atoms with Gasteiger partial charge in [0.15, 0.2) is 10.8 Å². The second-order valence-corrected chi connectivity index (χ2v) is 9.03. The second-order valence-electron chi connectivity index (χ2n) is 6.41. The smallest absolute Gasteiger partial charge is 0.321 e. The first kappa shape index (κ1) is 22.4. The van der Waals surface area contributed by atoms with E-state index in [1.165, 1.54) is 34.6 Å². The van der Waals surface area contributed by atoms with Crippen molar-refractivity contribution in [2.45, 2.75) is 11.5 Å². The molecular weight excluding hydrogens is 448 g/mol. The van der Waals surface area contributed by atoms with Gasteiger partial charge in [0, 0.05) is 25.5 Å². The Labute approximate surface area is 181 Å². The lowest BCUT2D eigenvalue weighted by atomic mass is 10.2. The molecule has 0 radical (unpaired) electrons. The van der Waals surface area contributed by atoms with E-state index in [-0.39, 0.29) is 22.9 Å². The van der Waals surface area contributed by atoms with Crippen LogP contribution in [0, 0.1) is 10.1 Å². The summed E-state index contributed by atoms with van der Waals surface area (Å²) < 4.78 is 37.2. The van der Waals surface area contributed by atoms with Crippen LogP contribution in [-0.4, -0.2) is 44.9 Å². The SMILES string of the molecule is CN(C)c1ccc(S(=O)(=O)NCC(=O)OCc2csc(-c3ccco3)n2)cc1[N+](=O)[O-]. The number of sulfonamides is 1. The van der Waals surface area contributed by atoms with Crippen LogP contribution in [0.3, 0.4) is 0 Å². The van der Waals surface area contributed by atoms with Gasteiger partial charge in [0.2, 0.25) is 10.0 Å². The van der Waals surface area contributed by atoms with E-state index in [1.807, 2.05) is 0 Å². The summed E-state index contributed by atoms with van der Waals surface area (Å²) in [5.74, 6) is -0.236. The zero-order chi connectivity index (χ0) is 22.6. The molecule has 0 saturated heterocycles. The maximum atomic E-state index is 12.4. The molecule has 0 amide bonds. The monoisotopic (exact) mass is 466 g/mol. The molecule has 0 aliphatic heterocycles. The maximum absolute atomic E-state index is 12.4. The fourth-order valence-corrected chi connectivity index (χ4v) is 4.28. The molecule has 0 bridgehead atoms. The number of furan rings is 1. The number of esters is 1. The van der Waals surface area contributed by atoms with Crippen LogP contribution in [0.25, 0.3) is 10.8 Å². The molecule has 1 aromatic carbocycles. The third kappa shape index (κ3) is 5.45. The molecule has 3 aromatic rings. The summed E-state index contributed by atoms with van der Waals surface area (Å²) in [5.41, 5.74) is 0.370. The number of nitrogens with zero attached hydrogens (tertiary/aromatic N) is 3. The largest absolute Gasteiger partial charge is 0.462 e. The average Bonchev–Trinajstić information content (AvgIpc) is 3.42. The Kier molecular flexibility index (Phi) is 6.68. The lowest BCUT2D eigenvalue weighted by Gasteiger charge is -2.13. The van der Waals surface area contributed by atoms with Gasteiger partial charge in [0.1, 0.15) is 18.8 Å². The summed E-state index contributed by atoms with van der Waals surface area (Å²) >= 11 is 1.31. The molecule has 0 atom stereocenters. The number of nitro benzene ring substituents is 1. The normalized spacial score (nSPS) is 11.3. The molecule has 1 N–H and O–H groups in total. The van der Waals surface area contributed by atoms with Gasteiger partial charge in [0.05, 0.1) is 21.8 Å². The molecule has 0 aliphatic carbocycles. The zero-order valence-electron chi connectivity index (χ0n) is 16.5. The van der Waals surface area contributed by atoms with Gasteiger partial charge in [-0.3, -0.25) is 14.9 Å². The highest BCUT2D eigenvalue weighted by Crippen LogP contribution is 2.29. The molecule has 0 fully saturated rings. The van der Waals surface area contributed by atoms with E-state index in [1.54, 1.807) is 31.6 Å². The van der Waals surface area contributed by atoms with E-state index in [0.717, 1.165) is 6.07 Å². The number of carbonyl (C=O) groups is 1. The summed E-state index contributed by atoms with van der Waals surface area (Å²) in [7, 11) is -0.958. The number of aromatic nitrogens is 1. The fourth-order valence-electron chi connectivity index (χ4n) is 2.52. The predicted octanol–water partition coefficient (Wildman–Crippen LogP) is 2.40. The Bertz CT molecular complexity index is 1190. The first-order valence-corrected chi connectivity index (χ1v) is 11.1. The van der Waals surface area contributed by atoms with Crippen molar-refractivity contribution < 1.29 is 27.3 Å². The summed E-state index contributed by atoms with van der Waals surface area (Å²) in [6, 6.07) is 6.96. The van der Waals surface area contributed by atoms with E-state index in [0.29, 0.717) is 16.5 Å². The van der Waals surface area contributed by atoms with Crippen LogP contribution in [0.15, 0.2) is 51.3 Å². The molecule has 2 aromatic heterocycles. The molecule has 2 heterocycles. The van der Waals surface area contributed by atoms with Crippen molar-refractivity contribution in [2.75, 3.05) is 25.5 Å². The fraction of sp³-hybridized carbons (Fsp3) is 0.222. The van der Waals surface area contributed by atoms with Crippen LogP contribution < -0.4 is 9.62 Å². The van der Waals surface area contributed by atoms with Crippen LogP contribution in [0.5, 0.6) is 0 Å². The molecule has 164 valence electrons. The third-order valence-electron chi connectivity index (χ3n) is 4.01. The second kappa shape index (κ2) is 9.24. The highest BCUT2D eigenvalue weighted by atomic mass is 32.2. The van der Waals surface area contributed by atoms with E-state index >= 15 is 0 Å². The minimum absolute atomic E-state index is 0.138. The van der Waals surface area contributed by atoms with Gasteiger partial charge in [-0.1, -0.05) is 0 Å². The first-order valence-electron chi connectivity index (χ1n) is 8.76. The number of nitro groups is 1. The molecule has 0 spiro atoms. The number of rotatable bonds is 9. The standard InChI is InChI=1S/C18H18N4O7S2/c1-21(2)14-6-5-13(8-15(14)22(24)25)31(26,27)19-9-17(23)29-10-12-11-30-18(20-12)16-4-3-7-28-16/h3-8,11,19H,9-10H2,1-2H3. The summed E-state index contributed by atoms with van der Waals surface area (Å²) in [6.07, 6.45) is 1.52. The average molecular weight is 466 g/mol. The number of anilines is 1. The zero-order valence-corrected chi connectivity index (χ0v) is 18.1. The van der Waals surface area contributed by atoms with Crippen molar-refractivity contribution in [2.24, 2.45) is 0 Å². The van der Waals surface area contributed by atoms with Crippen molar-refractivity contribution in [3.63, 3.8) is 0 Å².